The van der Waals surface area contributed by atoms with E-state index in [9.17, 15) is 9.18 Å². The van der Waals surface area contributed by atoms with E-state index in [1.807, 2.05) is 18.2 Å². The second kappa shape index (κ2) is 11.3. The van der Waals surface area contributed by atoms with Gasteiger partial charge in [-0.1, -0.05) is 4.98 Å². The molecule has 0 unspecified atom stereocenters. The molecule has 5 rings (SSSR count). The summed E-state index contributed by atoms with van der Waals surface area (Å²) in [6, 6.07) is 9.89. The van der Waals surface area contributed by atoms with Crippen molar-refractivity contribution in [3.63, 3.8) is 0 Å². The summed E-state index contributed by atoms with van der Waals surface area (Å²) >= 11 is 0. The normalized spacial score (nSPS) is 14.0. The zero-order valence-corrected chi connectivity index (χ0v) is 23.0. The number of fused-ring (bicyclic) bond motifs is 1. The number of aromatic amines is 2. The number of methoxy groups -OCH3 is 2. The number of anilines is 5. The van der Waals surface area contributed by atoms with Crippen LogP contribution in [-0.2, 0) is 0 Å². The molecule has 2 aromatic heterocycles. The number of ether oxygens (including phenoxy) is 2. The van der Waals surface area contributed by atoms with Crippen LogP contribution in [0.25, 0.3) is 11.0 Å². The molecule has 0 spiro atoms. The Hall–Kier alpha value is -4.58. The Morgan fingerprint density at radius 3 is 2.48 bits per heavy atom. The smallest absolute Gasteiger partial charge is 0.351 e. The molecule has 2 aromatic carbocycles. The number of rotatable bonds is 9. The van der Waals surface area contributed by atoms with E-state index in [0.717, 1.165) is 31.9 Å². The summed E-state index contributed by atoms with van der Waals surface area (Å²) in [7, 11) is 3.26. The molecule has 40 heavy (non-hydrogen) atoms. The number of carbonyl (C=O) groups excluding carboxylic acids is 1. The predicted molar refractivity (Wildman–Crippen MR) is 153 cm³/mol. The highest BCUT2D eigenvalue weighted by Crippen LogP contribution is 2.40. The molecule has 0 bridgehead atoms. The summed E-state index contributed by atoms with van der Waals surface area (Å²) < 4.78 is 25.6. The average Bonchev–Trinajstić information content (AvgIpc) is 3.42. The molecule has 1 aliphatic rings. The third-order valence-corrected chi connectivity index (χ3v) is 7.11. The van der Waals surface area contributed by atoms with Crippen LogP contribution in [0.3, 0.4) is 0 Å². The van der Waals surface area contributed by atoms with E-state index in [0.29, 0.717) is 46.0 Å². The van der Waals surface area contributed by atoms with Gasteiger partial charge in [-0.3, -0.25) is 20.0 Å². The topological polar surface area (TPSA) is 135 Å². The number of halogens is 1. The monoisotopic (exact) mass is 549 g/mol. The van der Waals surface area contributed by atoms with Gasteiger partial charge < -0.3 is 25.4 Å². The lowest BCUT2D eigenvalue weighted by Gasteiger charge is -2.38. The van der Waals surface area contributed by atoms with Crippen molar-refractivity contribution in [1.29, 1.82) is 0 Å². The highest BCUT2D eigenvalue weighted by Gasteiger charge is 2.25. The Bertz CT molecular complexity index is 1530. The van der Waals surface area contributed by atoms with Gasteiger partial charge in [0.1, 0.15) is 17.3 Å². The zero-order chi connectivity index (χ0) is 28.4. The number of benzene rings is 2. The largest absolute Gasteiger partial charge is 0.494 e. The average molecular weight is 550 g/mol. The van der Waals surface area contributed by atoms with E-state index in [4.69, 9.17) is 15.2 Å². The summed E-state index contributed by atoms with van der Waals surface area (Å²) in [5.74, 6) is 0.868. The summed E-state index contributed by atoms with van der Waals surface area (Å²) in [5, 5.41) is 7.05. The first-order valence-corrected chi connectivity index (χ1v) is 13.1. The van der Waals surface area contributed by atoms with Crippen LogP contribution in [0.4, 0.5) is 33.2 Å². The lowest BCUT2D eigenvalue weighted by atomic mass is 10.1. The standard InChI is InChI=1S/C28H33FN8O3/c1-16(2)36-9-11-37(12-10-36)22-15-23(39-3)21(14-24(22)40-4)33-28-34-26-19(7-8-31-26)27(35-28)32-20-13-17(29)5-6-18(20)25(30)38/h5-8,13-16H,9-12H2,1-4H3,(H2,30,38)(H3,31,32,33,34,35)/p+1. The first-order valence-electron chi connectivity index (χ1n) is 13.1. The minimum atomic E-state index is -0.684. The van der Waals surface area contributed by atoms with Crippen LogP contribution < -0.4 is 35.7 Å². The number of primary amides is 1. The van der Waals surface area contributed by atoms with Crippen molar-refractivity contribution < 1.29 is 23.6 Å². The van der Waals surface area contributed by atoms with E-state index >= 15 is 0 Å². The van der Waals surface area contributed by atoms with Gasteiger partial charge in [0.15, 0.2) is 5.75 Å². The van der Waals surface area contributed by atoms with Gasteiger partial charge in [0.25, 0.3) is 5.91 Å². The van der Waals surface area contributed by atoms with Crippen molar-refractivity contribution in [2.45, 2.75) is 19.9 Å². The molecule has 4 aromatic rings. The minimum absolute atomic E-state index is 0.144. The van der Waals surface area contributed by atoms with Crippen LogP contribution in [-0.4, -0.2) is 67.2 Å². The molecule has 3 heterocycles. The van der Waals surface area contributed by atoms with Gasteiger partial charge in [-0.25, -0.2) is 9.37 Å². The Kier molecular flexibility index (Phi) is 7.60. The molecule has 0 radical (unpaired) electrons. The minimum Gasteiger partial charge on any atom is -0.494 e. The Morgan fingerprint density at radius 2 is 1.80 bits per heavy atom. The maximum Gasteiger partial charge on any atom is 0.351 e. The van der Waals surface area contributed by atoms with Gasteiger partial charge in [-0.05, 0) is 38.1 Å². The molecular formula is C28H34FN8O3+. The fourth-order valence-electron chi connectivity index (χ4n) is 4.94. The first kappa shape index (κ1) is 27.0. The van der Waals surface area contributed by atoms with Crippen molar-refractivity contribution in [1.82, 2.24) is 14.9 Å². The van der Waals surface area contributed by atoms with Gasteiger partial charge in [-0.2, -0.15) is 0 Å². The van der Waals surface area contributed by atoms with Crippen molar-refractivity contribution >= 4 is 45.8 Å². The maximum atomic E-state index is 14.0. The van der Waals surface area contributed by atoms with Crippen LogP contribution in [0, 0.1) is 5.82 Å². The second-order valence-electron chi connectivity index (χ2n) is 9.85. The summed E-state index contributed by atoms with van der Waals surface area (Å²) in [4.78, 5) is 27.7. The third kappa shape index (κ3) is 5.43. The number of nitrogens with one attached hydrogen (secondary N) is 4. The van der Waals surface area contributed by atoms with Crippen LogP contribution in [0.1, 0.15) is 24.2 Å². The van der Waals surface area contributed by atoms with Crippen molar-refractivity contribution in [3.05, 3.63) is 54.0 Å². The molecule has 1 amide bonds. The van der Waals surface area contributed by atoms with E-state index < -0.39 is 11.7 Å². The molecule has 0 atom stereocenters. The molecule has 1 saturated heterocycles. The summed E-state index contributed by atoms with van der Waals surface area (Å²) in [6.07, 6.45) is 1.75. The Labute approximate surface area is 231 Å². The summed E-state index contributed by atoms with van der Waals surface area (Å²) in [5.41, 5.74) is 8.11. The van der Waals surface area contributed by atoms with Crippen molar-refractivity contribution in [2.24, 2.45) is 5.73 Å². The molecule has 210 valence electrons. The maximum absolute atomic E-state index is 14.0. The molecule has 1 fully saturated rings. The number of aromatic nitrogens is 3. The van der Waals surface area contributed by atoms with Crippen LogP contribution >= 0.6 is 0 Å². The van der Waals surface area contributed by atoms with Gasteiger partial charge >= 0.3 is 5.95 Å². The fraction of sp³-hybridized carbons (Fsp3) is 0.321. The third-order valence-electron chi connectivity index (χ3n) is 7.11. The predicted octanol–water partition coefficient (Wildman–Crippen LogP) is 3.65. The van der Waals surface area contributed by atoms with Crippen LogP contribution in [0.5, 0.6) is 11.5 Å². The number of hydrogen-bond donors (Lipinski definition) is 4. The van der Waals surface area contributed by atoms with Crippen molar-refractivity contribution in [3.8, 4) is 11.5 Å². The van der Waals surface area contributed by atoms with Crippen LogP contribution in [0.15, 0.2) is 42.6 Å². The summed E-state index contributed by atoms with van der Waals surface area (Å²) in [6.45, 7) is 8.13. The number of amides is 1. The first-order chi connectivity index (χ1) is 19.3. The quantitative estimate of drug-likeness (QED) is 0.249. The number of carbonyl (C=O) groups is 1. The Morgan fingerprint density at radius 1 is 1.05 bits per heavy atom. The molecule has 11 nitrogen and oxygen atoms in total. The number of nitrogens with two attached hydrogens (primary N) is 1. The molecule has 12 heteroatoms. The fourth-order valence-corrected chi connectivity index (χ4v) is 4.94. The highest BCUT2D eigenvalue weighted by atomic mass is 19.1. The van der Waals surface area contributed by atoms with Crippen molar-refractivity contribution in [2.75, 3.05) is 55.9 Å². The van der Waals surface area contributed by atoms with E-state index in [1.165, 1.54) is 18.2 Å². The Balaban J connectivity index is 1.47. The molecular weight excluding hydrogens is 515 g/mol. The van der Waals surface area contributed by atoms with Crippen LogP contribution in [0.2, 0.25) is 0 Å². The number of H-pyrrole nitrogens is 2. The van der Waals surface area contributed by atoms with Gasteiger partial charge in [0.2, 0.25) is 11.5 Å². The van der Waals surface area contributed by atoms with E-state index in [-0.39, 0.29) is 11.3 Å². The lowest BCUT2D eigenvalue weighted by molar-refractivity contribution is -0.333. The van der Waals surface area contributed by atoms with Gasteiger partial charge in [-0.15, -0.1) is 0 Å². The highest BCUT2D eigenvalue weighted by molar-refractivity contribution is 6.00. The SMILES string of the molecule is COc1cc(N2CCN(C(C)C)CC2)c(OC)cc1Nc1nc(Nc2cc(F)ccc2C(N)=O)c2cc[nH]c2[nH+]1. The second-order valence-corrected chi connectivity index (χ2v) is 9.85. The zero-order valence-electron chi connectivity index (χ0n) is 23.0. The molecule has 6 N–H and O–H groups in total. The van der Waals surface area contributed by atoms with E-state index in [1.54, 1.807) is 20.4 Å². The van der Waals surface area contributed by atoms with Gasteiger partial charge in [0, 0.05) is 50.6 Å². The number of hydrogen-bond acceptors (Lipinski definition) is 8. The number of nitrogens with zero attached hydrogens (tertiary/aromatic N) is 3. The van der Waals surface area contributed by atoms with Gasteiger partial charge in [0.05, 0.1) is 36.5 Å². The van der Waals surface area contributed by atoms with E-state index in [2.05, 4.69) is 49.2 Å². The number of piperazine rings is 1. The molecule has 1 aliphatic heterocycles. The molecule has 0 saturated carbocycles. The molecule has 0 aliphatic carbocycles. The lowest BCUT2D eigenvalue weighted by Crippen LogP contribution is -2.49.